The highest BCUT2D eigenvalue weighted by atomic mass is 32.2. The molecule has 1 aliphatic heterocycles. The van der Waals surface area contributed by atoms with Crippen molar-refractivity contribution in [3.63, 3.8) is 0 Å². The molecule has 4 nitrogen and oxygen atoms in total. The summed E-state index contributed by atoms with van der Waals surface area (Å²) >= 11 is 0. The van der Waals surface area contributed by atoms with Gasteiger partial charge in [0.25, 0.3) is 0 Å². The van der Waals surface area contributed by atoms with E-state index >= 15 is 0 Å². The van der Waals surface area contributed by atoms with Gasteiger partial charge in [-0.15, -0.1) is 0 Å². The highest BCUT2D eigenvalue weighted by Crippen LogP contribution is 2.37. The van der Waals surface area contributed by atoms with Crippen molar-refractivity contribution in [3.05, 3.63) is 40.8 Å². The molecular weight excluding hydrogens is 262 g/mol. The molecule has 1 unspecified atom stereocenters. The van der Waals surface area contributed by atoms with Crippen LogP contribution in [0.3, 0.4) is 0 Å². The molecule has 5 heteroatoms. The van der Waals surface area contributed by atoms with Crippen LogP contribution in [-0.4, -0.2) is 33.2 Å². The molecule has 0 saturated carbocycles. The summed E-state index contributed by atoms with van der Waals surface area (Å²) in [4.78, 5) is 6.42. The number of hydrogen-bond donors (Lipinski definition) is 0. The third-order valence-electron chi connectivity index (χ3n) is 3.88. The highest BCUT2D eigenvalue weighted by molar-refractivity contribution is 7.95. The Hall–Kier alpha value is -1.17. The third-order valence-corrected chi connectivity index (χ3v) is 5.89. The zero-order chi connectivity index (χ0) is 13.5. The summed E-state index contributed by atoms with van der Waals surface area (Å²) < 4.78 is 25.4. The number of likely N-dealkylation sites (N-methyl/N-ethyl adjacent to an activating group) is 1. The van der Waals surface area contributed by atoms with Gasteiger partial charge in [-0.05, 0) is 37.0 Å². The van der Waals surface area contributed by atoms with Crippen LogP contribution in [0.4, 0.5) is 0 Å². The maximum atomic E-state index is 12.7. The van der Waals surface area contributed by atoms with Gasteiger partial charge in [-0.1, -0.05) is 18.2 Å². The molecule has 1 aromatic rings. The van der Waals surface area contributed by atoms with E-state index in [1.807, 2.05) is 13.1 Å². The molecule has 0 N–H and O–H groups in total. The second-order valence-electron chi connectivity index (χ2n) is 4.99. The van der Waals surface area contributed by atoms with Crippen LogP contribution in [0.25, 0.3) is 0 Å². The van der Waals surface area contributed by atoms with Gasteiger partial charge >= 0.3 is 0 Å². The van der Waals surface area contributed by atoms with Crippen LogP contribution in [0, 0.1) is 0 Å². The number of allylic oxidation sites excluding steroid dienone is 1. The third kappa shape index (κ3) is 2.12. The summed E-state index contributed by atoms with van der Waals surface area (Å²) in [5, 5.41) is 1.79. The zero-order valence-electron chi connectivity index (χ0n) is 10.9. The van der Waals surface area contributed by atoms with E-state index in [-0.39, 0.29) is 6.04 Å². The first-order chi connectivity index (χ1) is 9.10. The lowest BCUT2D eigenvalue weighted by atomic mass is 9.95. The molecule has 1 fully saturated rings. The molecule has 1 saturated heterocycles. The predicted molar refractivity (Wildman–Crippen MR) is 72.0 cm³/mol. The largest absolute Gasteiger partial charge is 0.294 e. The molecule has 2 aliphatic rings. The van der Waals surface area contributed by atoms with Gasteiger partial charge in [-0.2, -0.15) is 5.06 Å². The molecular formula is C14H17NO3S. The lowest BCUT2D eigenvalue weighted by Gasteiger charge is -2.25. The van der Waals surface area contributed by atoms with Crippen molar-refractivity contribution in [1.29, 1.82) is 0 Å². The first-order valence-corrected chi connectivity index (χ1v) is 7.97. The minimum absolute atomic E-state index is 0.127. The maximum absolute atomic E-state index is 12.7. The van der Waals surface area contributed by atoms with E-state index in [2.05, 4.69) is 0 Å². The van der Waals surface area contributed by atoms with Crippen LogP contribution >= 0.6 is 0 Å². The van der Waals surface area contributed by atoms with Crippen LogP contribution in [0.1, 0.15) is 19.3 Å². The number of nitrogens with zero attached hydrogens (tertiary/aromatic N) is 1. The average molecular weight is 279 g/mol. The fraction of sp³-hybridized carbons (Fsp3) is 0.429. The Labute approximate surface area is 113 Å². The number of benzene rings is 1. The lowest BCUT2D eigenvalue weighted by Crippen LogP contribution is -2.28. The molecule has 0 bridgehead atoms. The van der Waals surface area contributed by atoms with E-state index in [0.717, 1.165) is 18.4 Å². The van der Waals surface area contributed by atoms with Gasteiger partial charge in [0.1, 0.15) is 0 Å². The van der Waals surface area contributed by atoms with Crippen LogP contribution in [-0.2, 0) is 14.7 Å². The van der Waals surface area contributed by atoms with E-state index in [4.69, 9.17) is 4.84 Å². The van der Waals surface area contributed by atoms with E-state index in [0.29, 0.717) is 22.8 Å². The number of hydrogen-bond acceptors (Lipinski definition) is 4. The van der Waals surface area contributed by atoms with Crippen molar-refractivity contribution in [2.24, 2.45) is 0 Å². The second kappa shape index (κ2) is 4.74. The Morgan fingerprint density at radius 1 is 1.26 bits per heavy atom. The van der Waals surface area contributed by atoms with Crippen molar-refractivity contribution in [3.8, 4) is 0 Å². The SMILES string of the molecule is CN1OCC2=C(S(=O)(=O)c3ccccc3)CCCC21. The molecule has 1 aromatic carbocycles. The molecule has 102 valence electrons. The molecule has 0 spiro atoms. The standard InChI is InChI=1S/C14H17NO3S/c1-15-13-8-5-9-14(12(13)10-18-15)19(16,17)11-6-3-2-4-7-11/h2-4,6-7,13H,5,8-10H2,1H3. The van der Waals surface area contributed by atoms with E-state index in [9.17, 15) is 8.42 Å². The monoisotopic (exact) mass is 279 g/mol. The van der Waals surface area contributed by atoms with E-state index < -0.39 is 9.84 Å². The van der Waals surface area contributed by atoms with Gasteiger partial charge in [0, 0.05) is 7.05 Å². The fourth-order valence-corrected chi connectivity index (χ4v) is 4.62. The van der Waals surface area contributed by atoms with Gasteiger partial charge < -0.3 is 0 Å². The molecule has 1 heterocycles. The first-order valence-electron chi connectivity index (χ1n) is 6.48. The van der Waals surface area contributed by atoms with Crippen molar-refractivity contribution < 1.29 is 13.3 Å². The Kier molecular flexibility index (Phi) is 3.20. The molecule has 0 aromatic heterocycles. The topological polar surface area (TPSA) is 46.6 Å². The van der Waals surface area contributed by atoms with Gasteiger partial charge in [0.15, 0.2) is 0 Å². The maximum Gasteiger partial charge on any atom is 0.202 e. The van der Waals surface area contributed by atoms with Gasteiger partial charge in [0.2, 0.25) is 9.84 Å². The molecule has 19 heavy (non-hydrogen) atoms. The van der Waals surface area contributed by atoms with E-state index in [1.165, 1.54) is 0 Å². The zero-order valence-corrected chi connectivity index (χ0v) is 11.7. The number of hydroxylamine groups is 2. The molecule has 0 amide bonds. The Morgan fingerprint density at radius 3 is 2.74 bits per heavy atom. The lowest BCUT2D eigenvalue weighted by molar-refractivity contribution is -0.110. The summed E-state index contributed by atoms with van der Waals surface area (Å²) in [6, 6.07) is 8.79. The number of sulfone groups is 1. The van der Waals surface area contributed by atoms with Crippen molar-refractivity contribution in [1.82, 2.24) is 5.06 Å². The van der Waals surface area contributed by atoms with Crippen LogP contribution in [0.15, 0.2) is 45.7 Å². The Bertz CT molecular complexity index is 607. The van der Waals surface area contributed by atoms with Crippen molar-refractivity contribution >= 4 is 9.84 Å². The predicted octanol–water partition coefficient (Wildman–Crippen LogP) is 2.14. The second-order valence-corrected chi connectivity index (χ2v) is 6.96. The van der Waals surface area contributed by atoms with Crippen LogP contribution in [0.2, 0.25) is 0 Å². The van der Waals surface area contributed by atoms with Crippen molar-refractivity contribution in [2.45, 2.75) is 30.2 Å². The fourth-order valence-electron chi connectivity index (χ4n) is 2.86. The Balaban J connectivity index is 2.09. The summed E-state index contributed by atoms with van der Waals surface area (Å²) in [5.74, 6) is 0. The number of fused-ring (bicyclic) bond motifs is 1. The summed E-state index contributed by atoms with van der Waals surface area (Å²) in [5.41, 5.74) is 0.942. The van der Waals surface area contributed by atoms with Gasteiger partial charge in [0.05, 0.1) is 22.4 Å². The molecule has 3 rings (SSSR count). The average Bonchev–Trinajstić information content (AvgIpc) is 2.81. The Morgan fingerprint density at radius 2 is 2.00 bits per heavy atom. The normalized spacial score (nSPS) is 24.6. The molecule has 1 aliphatic carbocycles. The van der Waals surface area contributed by atoms with Gasteiger partial charge in [-0.3, -0.25) is 4.84 Å². The highest BCUT2D eigenvalue weighted by Gasteiger charge is 2.37. The van der Waals surface area contributed by atoms with Gasteiger partial charge in [-0.25, -0.2) is 8.42 Å². The van der Waals surface area contributed by atoms with Crippen LogP contribution < -0.4 is 0 Å². The first kappa shape index (κ1) is 12.8. The van der Waals surface area contributed by atoms with Crippen molar-refractivity contribution in [2.75, 3.05) is 13.7 Å². The smallest absolute Gasteiger partial charge is 0.202 e. The summed E-state index contributed by atoms with van der Waals surface area (Å²) in [6.45, 7) is 0.405. The molecule has 0 radical (unpaired) electrons. The minimum Gasteiger partial charge on any atom is -0.294 e. The van der Waals surface area contributed by atoms with Crippen LogP contribution in [0.5, 0.6) is 0 Å². The minimum atomic E-state index is -3.37. The summed E-state index contributed by atoms with van der Waals surface area (Å²) in [7, 11) is -1.50. The summed E-state index contributed by atoms with van der Waals surface area (Å²) in [6.07, 6.45) is 2.49. The van der Waals surface area contributed by atoms with E-state index in [1.54, 1.807) is 29.3 Å². The quantitative estimate of drug-likeness (QED) is 0.832. The molecule has 1 atom stereocenters. The number of rotatable bonds is 2.